The van der Waals surface area contributed by atoms with Crippen LogP contribution in [-0.4, -0.2) is 18.5 Å². The summed E-state index contributed by atoms with van der Waals surface area (Å²) in [4.78, 5) is 28.2. The summed E-state index contributed by atoms with van der Waals surface area (Å²) in [6.07, 6.45) is 0. The Hall–Kier alpha value is -2.87. The monoisotopic (exact) mass is 479 g/mol. The predicted octanol–water partition coefficient (Wildman–Crippen LogP) is 7.13. The van der Waals surface area contributed by atoms with Crippen LogP contribution in [0.25, 0.3) is 10.4 Å². The predicted molar refractivity (Wildman–Crippen MR) is 134 cm³/mol. The van der Waals surface area contributed by atoms with Gasteiger partial charge in [-0.05, 0) is 36.1 Å². The Morgan fingerprint density at radius 3 is 2.34 bits per heavy atom. The van der Waals surface area contributed by atoms with Crippen molar-refractivity contribution in [2.45, 2.75) is 17.1 Å². The third kappa shape index (κ3) is 5.12. The van der Waals surface area contributed by atoms with Crippen molar-refractivity contribution in [3.63, 3.8) is 0 Å². The summed E-state index contributed by atoms with van der Waals surface area (Å²) >= 11 is 4.36. The summed E-state index contributed by atoms with van der Waals surface area (Å²) in [5, 5.41) is 6.91. The average molecular weight is 480 g/mol. The zero-order chi connectivity index (χ0) is 22.3. The van der Waals surface area contributed by atoms with E-state index < -0.39 is 11.2 Å². The van der Waals surface area contributed by atoms with Gasteiger partial charge in [-0.3, -0.25) is 4.79 Å². The van der Waals surface area contributed by atoms with E-state index in [1.807, 2.05) is 83.6 Å². The van der Waals surface area contributed by atoms with Gasteiger partial charge in [-0.15, -0.1) is 34.4 Å². The molecule has 0 aliphatic heterocycles. The molecular formula is C25H21NO3S3. The Kier molecular flexibility index (Phi) is 7.42. The van der Waals surface area contributed by atoms with E-state index in [1.165, 1.54) is 23.1 Å². The second-order valence-corrected chi connectivity index (χ2v) is 9.77. The second-order valence-electron chi connectivity index (χ2n) is 6.76. The fourth-order valence-corrected chi connectivity index (χ4v) is 6.00. The van der Waals surface area contributed by atoms with Gasteiger partial charge in [-0.25, -0.2) is 4.79 Å². The number of hydrogen-bond donors (Lipinski definition) is 1. The van der Waals surface area contributed by atoms with Gasteiger partial charge in [-0.2, -0.15) is 0 Å². The first-order chi connectivity index (χ1) is 15.7. The Labute approximate surface area is 199 Å². The van der Waals surface area contributed by atoms with Crippen LogP contribution >= 0.6 is 34.4 Å². The number of nitrogens with one attached hydrogen (secondary N) is 1. The van der Waals surface area contributed by atoms with E-state index in [2.05, 4.69) is 5.32 Å². The normalized spacial score (nSPS) is 11.7. The molecule has 4 nitrogen and oxygen atoms in total. The minimum absolute atomic E-state index is 0.185. The van der Waals surface area contributed by atoms with Gasteiger partial charge >= 0.3 is 5.97 Å². The lowest BCUT2D eigenvalue weighted by atomic mass is 10.1. The summed E-state index contributed by atoms with van der Waals surface area (Å²) in [5.41, 5.74) is 2.08. The molecule has 32 heavy (non-hydrogen) atoms. The first-order valence-corrected chi connectivity index (χ1v) is 12.7. The summed E-state index contributed by atoms with van der Waals surface area (Å²) in [6, 6.07) is 23.4. The Bertz CT molecular complexity index is 1170. The molecule has 1 N–H and O–H groups in total. The largest absolute Gasteiger partial charge is 0.462 e. The lowest BCUT2D eigenvalue weighted by Crippen LogP contribution is -2.20. The molecule has 2 heterocycles. The number of ether oxygens (including phenoxy) is 1. The summed E-state index contributed by atoms with van der Waals surface area (Å²) in [6.45, 7) is 2.04. The number of carbonyl (C=O) groups is 2. The van der Waals surface area contributed by atoms with Gasteiger partial charge in [0.15, 0.2) is 0 Å². The third-order valence-corrected chi connectivity index (χ3v) is 7.70. The topological polar surface area (TPSA) is 55.4 Å². The van der Waals surface area contributed by atoms with E-state index in [0.29, 0.717) is 10.6 Å². The van der Waals surface area contributed by atoms with Crippen LogP contribution in [0.4, 0.5) is 5.00 Å². The zero-order valence-electron chi connectivity index (χ0n) is 17.3. The van der Waals surface area contributed by atoms with Crippen molar-refractivity contribution >= 4 is 51.3 Å². The zero-order valence-corrected chi connectivity index (χ0v) is 19.8. The fraction of sp³-hybridized carbons (Fsp3) is 0.120. The molecule has 7 heteroatoms. The molecule has 4 rings (SSSR count). The molecule has 0 fully saturated rings. The van der Waals surface area contributed by atoms with Crippen molar-refractivity contribution in [2.24, 2.45) is 0 Å². The lowest BCUT2D eigenvalue weighted by Gasteiger charge is -2.17. The van der Waals surface area contributed by atoms with Gasteiger partial charge in [0.05, 0.1) is 6.61 Å². The molecule has 0 aliphatic carbocycles. The van der Waals surface area contributed by atoms with Crippen LogP contribution < -0.4 is 5.32 Å². The van der Waals surface area contributed by atoms with Gasteiger partial charge in [0.25, 0.3) is 0 Å². The van der Waals surface area contributed by atoms with Crippen molar-refractivity contribution in [1.82, 2.24) is 0 Å². The molecule has 1 atom stereocenters. The summed E-state index contributed by atoms with van der Waals surface area (Å²) in [5.74, 6) is -0.616. The number of benzene rings is 2. The van der Waals surface area contributed by atoms with Crippen LogP contribution in [0.3, 0.4) is 0 Å². The number of thioether (sulfide) groups is 1. The number of esters is 1. The van der Waals surface area contributed by atoms with E-state index in [0.717, 1.165) is 20.9 Å². The lowest BCUT2D eigenvalue weighted by molar-refractivity contribution is -0.115. The standard InChI is InChI=1S/C25H21NO3S3/c1-2-29-25(28)21-19(20-14-9-15-30-20)16-31-24(21)26-23(27)22(17-10-5-3-6-11-17)32-18-12-7-4-8-13-18/h3-16,22H,2H2,1H3,(H,26,27)/t22-/m1/s1. The smallest absolute Gasteiger partial charge is 0.341 e. The Morgan fingerprint density at radius 2 is 1.69 bits per heavy atom. The van der Waals surface area contributed by atoms with Gasteiger partial charge in [-0.1, -0.05) is 54.6 Å². The highest BCUT2D eigenvalue weighted by atomic mass is 32.2. The van der Waals surface area contributed by atoms with Crippen molar-refractivity contribution in [1.29, 1.82) is 0 Å². The third-order valence-electron chi connectivity index (χ3n) is 4.63. The first-order valence-electron chi connectivity index (χ1n) is 10.1. The summed E-state index contributed by atoms with van der Waals surface area (Å²) < 4.78 is 5.30. The van der Waals surface area contributed by atoms with Crippen molar-refractivity contribution in [3.05, 3.63) is 94.7 Å². The van der Waals surface area contributed by atoms with Crippen LogP contribution in [0.2, 0.25) is 0 Å². The fourth-order valence-electron chi connectivity index (χ4n) is 3.18. The number of rotatable bonds is 8. The highest BCUT2D eigenvalue weighted by Crippen LogP contribution is 2.41. The van der Waals surface area contributed by atoms with Crippen LogP contribution in [0, 0.1) is 0 Å². The highest BCUT2D eigenvalue weighted by molar-refractivity contribution is 8.00. The maximum Gasteiger partial charge on any atom is 0.341 e. The molecular weight excluding hydrogens is 458 g/mol. The van der Waals surface area contributed by atoms with E-state index in [1.54, 1.807) is 18.3 Å². The Balaban J connectivity index is 1.67. The van der Waals surface area contributed by atoms with Crippen LogP contribution in [0.15, 0.2) is 88.5 Å². The molecule has 0 spiro atoms. The van der Waals surface area contributed by atoms with Crippen LogP contribution in [0.1, 0.15) is 28.1 Å². The van der Waals surface area contributed by atoms with Crippen molar-refractivity contribution in [3.8, 4) is 10.4 Å². The number of carbonyl (C=O) groups excluding carboxylic acids is 2. The number of hydrogen-bond acceptors (Lipinski definition) is 6. The SMILES string of the molecule is CCOC(=O)c1c(-c2cccs2)csc1NC(=O)[C@H](Sc1ccccc1)c1ccccc1. The van der Waals surface area contributed by atoms with E-state index in [4.69, 9.17) is 4.74 Å². The second kappa shape index (κ2) is 10.6. The van der Waals surface area contributed by atoms with Crippen LogP contribution in [-0.2, 0) is 9.53 Å². The molecule has 4 aromatic rings. The van der Waals surface area contributed by atoms with E-state index in [-0.39, 0.29) is 12.5 Å². The van der Waals surface area contributed by atoms with Gasteiger partial charge in [0, 0.05) is 20.7 Å². The molecule has 0 bridgehead atoms. The van der Waals surface area contributed by atoms with Crippen LogP contribution in [0.5, 0.6) is 0 Å². The minimum atomic E-state index is -0.471. The van der Waals surface area contributed by atoms with Gasteiger partial charge < -0.3 is 10.1 Å². The number of anilines is 1. The molecule has 2 aromatic heterocycles. The van der Waals surface area contributed by atoms with E-state index >= 15 is 0 Å². The molecule has 0 saturated heterocycles. The maximum absolute atomic E-state index is 13.5. The molecule has 2 aromatic carbocycles. The molecule has 0 aliphatic rings. The molecule has 0 unspecified atom stereocenters. The van der Waals surface area contributed by atoms with Gasteiger partial charge in [0.2, 0.25) is 5.91 Å². The number of thiophene rings is 2. The quantitative estimate of drug-likeness (QED) is 0.216. The number of amides is 1. The van der Waals surface area contributed by atoms with Crippen molar-refractivity contribution < 1.29 is 14.3 Å². The summed E-state index contributed by atoms with van der Waals surface area (Å²) in [7, 11) is 0. The molecule has 0 radical (unpaired) electrons. The Morgan fingerprint density at radius 1 is 0.969 bits per heavy atom. The minimum Gasteiger partial charge on any atom is -0.462 e. The maximum atomic E-state index is 13.5. The van der Waals surface area contributed by atoms with E-state index in [9.17, 15) is 9.59 Å². The van der Waals surface area contributed by atoms with Crippen molar-refractivity contribution in [2.75, 3.05) is 11.9 Å². The average Bonchev–Trinajstić information content (AvgIpc) is 3.49. The highest BCUT2D eigenvalue weighted by Gasteiger charge is 2.27. The molecule has 162 valence electrons. The first kappa shape index (κ1) is 22.3. The molecule has 0 saturated carbocycles. The van der Waals surface area contributed by atoms with Gasteiger partial charge in [0.1, 0.15) is 15.8 Å². The molecule has 1 amide bonds.